The topological polar surface area (TPSA) is 79.3 Å². The summed E-state index contributed by atoms with van der Waals surface area (Å²) in [5.74, 6) is 5.49. The average molecular weight is 489 g/mol. The van der Waals surface area contributed by atoms with Crippen molar-refractivity contribution in [3.63, 3.8) is 0 Å². The maximum atomic E-state index is 13.9. The molecule has 2 aliphatic heterocycles. The lowest BCUT2D eigenvalue weighted by atomic mass is 9.82. The van der Waals surface area contributed by atoms with Crippen molar-refractivity contribution < 1.29 is 24.2 Å². The summed E-state index contributed by atoms with van der Waals surface area (Å²) >= 11 is 1.15. The monoisotopic (exact) mass is 488 g/mol. The number of carbonyl (C=O) groups excluding carboxylic acids is 1. The van der Waals surface area contributed by atoms with E-state index in [-0.39, 0.29) is 22.2 Å². The lowest BCUT2D eigenvalue weighted by Crippen LogP contribution is -2.60. The fourth-order valence-electron chi connectivity index (χ4n) is 5.02. The third-order valence-electron chi connectivity index (χ3n) is 6.76. The van der Waals surface area contributed by atoms with Gasteiger partial charge in [-0.05, 0) is 45.6 Å². The molecule has 7 nitrogen and oxygen atoms in total. The molecule has 1 N–H and O–H groups in total. The van der Waals surface area contributed by atoms with Crippen LogP contribution in [0.1, 0.15) is 67.4 Å². The van der Waals surface area contributed by atoms with E-state index in [2.05, 4.69) is 16.7 Å². The van der Waals surface area contributed by atoms with E-state index in [9.17, 15) is 14.7 Å². The molecule has 0 spiro atoms. The van der Waals surface area contributed by atoms with E-state index >= 15 is 0 Å². The smallest absolute Gasteiger partial charge is 0.348 e. The van der Waals surface area contributed by atoms with Crippen LogP contribution in [0.25, 0.3) is 0 Å². The molecule has 2 atom stereocenters. The van der Waals surface area contributed by atoms with Gasteiger partial charge in [0.25, 0.3) is 5.91 Å². The molecule has 34 heavy (non-hydrogen) atoms. The molecule has 186 valence electrons. The number of rotatable bonds is 5. The Balaban J connectivity index is 1.68. The molecular formula is C26H36N2O5S. The van der Waals surface area contributed by atoms with Crippen LogP contribution in [0.2, 0.25) is 0 Å². The molecule has 0 aromatic carbocycles. The van der Waals surface area contributed by atoms with E-state index in [0.29, 0.717) is 42.8 Å². The molecule has 3 heterocycles. The predicted octanol–water partition coefficient (Wildman–Crippen LogP) is 3.86. The van der Waals surface area contributed by atoms with Gasteiger partial charge in [0, 0.05) is 25.0 Å². The van der Waals surface area contributed by atoms with Crippen LogP contribution >= 0.6 is 11.3 Å². The minimum Gasteiger partial charge on any atom is -0.477 e. The highest BCUT2D eigenvalue weighted by Crippen LogP contribution is 2.39. The van der Waals surface area contributed by atoms with Gasteiger partial charge in [-0.1, -0.05) is 31.1 Å². The SMILES string of the molecule is CC(C)(C)C#Cc1cc(N2C(=O)C(CN3CCOCC3)OCC2C2CCCCC2)c(C(=O)O)s1. The summed E-state index contributed by atoms with van der Waals surface area (Å²) in [4.78, 5) is 30.9. The fourth-order valence-corrected chi connectivity index (χ4v) is 5.86. The minimum absolute atomic E-state index is 0.135. The summed E-state index contributed by atoms with van der Waals surface area (Å²) in [5, 5.41) is 10.0. The maximum absolute atomic E-state index is 13.9. The molecule has 1 aliphatic carbocycles. The van der Waals surface area contributed by atoms with Gasteiger partial charge in [-0.15, -0.1) is 11.3 Å². The predicted molar refractivity (Wildman–Crippen MR) is 132 cm³/mol. The largest absolute Gasteiger partial charge is 0.477 e. The molecule has 2 unspecified atom stereocenters. The van der Waals surface area contributed by atoms with E-state index in [1.165, 1.54) is 6.42 Å². The summed E-state index contributed by atoms with van der Waals surface area (Å²) in [5.41, 5.74) is 0.280. The van der Waals surface area contributed by atoms with E-state index in [1.807, 2.05) is 20.8 Å². The van der Waals surface area contributed by atoms with Crippen molar-refractivity contribution >= 4 is 28.9 Å². The van der Waals surface area contributed by atoms with E-state index in [0.717, 1.165) is 50.1 Å². The van der Waals surface area contributed by atoms with Gasteiger partial charge < -0.3 is 19.5 Å². The van der Waals surface area contributed by atoms with Crippen LogP contribution in [0.15, 0.2) is 6.07 Å². The Morgan fingerprint density at radius 1 is 1.21 bits per heavy atom. The molecule has 1 saturated carbocycles. The zero-order chi connectivity index (χ0) is 24.3. The molecule has 2 saturated heterocycles. The number of carboxylic acid groups (broad SMARTS) is 1. The maximum Gasteiger partial charge on any atom is 0.348 e. The number of amides is 1. The molecule has 3 fully saturated rings. The molecule has 0 bridgehead atoms. The standard InChI is InChI=1S/C26H36N2O5S/c1-26(2,3)10-9-19-15-20(23(34-19)25(30)31)28-21(18-7-5-4-6-8-18)17-33-22(24(28)29)16-27-11-13-32-14-12-27/h15,18,21-22H,4-8,11-14,16-17H2,1-3H3,(H,30,31). The van der Waals surface area contributed by atoms with Crippen LogP contribution in [0.5, 0.6) is 0 Å². The van der Waals surface area contributed by atoms with E-state index < -0.39 is 12.1 Å². The highest BCUT2D eigenvalue weighted by atomic mass is 32.1. The molecule has 1 aromatic rings. The zero-order valence-corrected chi connectivity index (χ0v) is 21.3. The van der Waals surface area contributed by atoms with Crippen LogP contribution in [0, 0.1) is 23.2 Å². The summed E-state index contributed by atoms with van der Waals surface area (Å²) < 4.78 is 11.6. The van der Waals surface area contributed by atoms with Crippen molar-refractivity contribution in [3.05, 3.63) is 15.8 Å². The third-order valence-corrected chi connectivity index (χ3v) is 7.79. The number of ether oxygens (including phenoxy) is 2. The summed E-state index contributed by atoms with van der Waals surface area (Å²) in [6.07, 6.45) is 4.95. The van der Waals surface area contributed by atoms with Gasteiger partial charge in [0.2, 0.25) is 0 Å². The van der Waals surface area contributed by atoms with Gasteiger partial charge in [-0.3, -0.25) is 9.69 Å². The number of carbonyl (C=O) groups is 2. The highest BCUT2D eigenvalue weighted by molar-refractivity contribution is 7.15. The second kappa shape index (κ2) is 10.8. The van der Waals surface area contributed by atoms with Gasteiger partial charge in [0.05, 0.1) is 36.4 Å². The first kappa shape index (κ1) is 25.2. The number of hydrogen-bond acceptors (Lipinski definition) is 6. The van der Waals surface area contributed by atoms with Crippen molar-refractivity contribution in [1.29, 1.82) is 0 Å². The Morgan fingerprint density at radius 2 is 1.91 bits per heavy atom. The average Bonchev–Trinajstić information content (AvgIpc) is 3.24. The Hall–Kier alpha value is -1.92. The summed E-state index contributed by atoms with van der Waals surface area (Å²) in [6.45, 7) is 9.84. The number of hydrogen-bond donors (Lipinski definition) is 1. The summed E-state index contributed by atoms with van der Waals surface area (Å²) in [7, 11) is 0. The van der Waals surface area contributed by atoms with Crippen molar-refractivity contribution in [1.82, 2.24) is 4.90 Å². The van der Waals surface area contributed by atoms with Crippen LogP contribution < -0.4 is 4.90 Å². The number of nitrogens with zero attached hydrogens (tertiary/aromatic N) is 2. The van der Waals surface area contributed by atoms with Crippen molar-refractivity contribution in [3.8, 4) is 11.8 Å². The normalized spacial score (nSPS) is 25.1. The highest BCUT2D eigenvalue weighted by Gasteiger charge is 2.43. The molecule has 1 aromatic heterocycles. The minimum atomic E-state index is -1.02. The first-order valence-electron chi connectivity index (χ1n) is 12.4. The Morgan fingerprint density at radius 3 is 2.56 bits per heavy atom. The first-order valence-corrected chi connectivity index (χ1v) is 13.2. The molecule has 3 aliphatic rings. The molecule has 1 amide bonds. The van der Waals surface area contributed by atoms with Crippen molar-refractivity contribution in [2.45, 2.75) is 65.0 Å². The third kappa shape index (κ3) is 6.01. The number of anilines is 1. The van der Waals surface area contributed by atoms with E-state index in [4.69, 9.17) is 9.47 Å². The lowest BCUT2D eigenvalue weighted by Gasteiger charge is -2.44. The van der Waals surface area contributed by atoms with Crippen molar-refractivity contribution in [2.24, 2.45) is 11.3 Å². The van der Waals surface area contributed by atoms with Crippen molar-refractivity contribution in [2.75, 3.05) is 44.4 Å². The second-order valence-electron chi connectivity index (χ2n) is 10.5. The molecule has 8 heteroatoms. The fraction of sp³-hybridized carbons (Fsp3) is 0.692. The van der Waals surface area contributed by atoms with Gasteiger partial charge >= 0.3 is 5.97 Å². The quantitative estimate of drug-likeness (QED) is 0.634. The molecule has 4 rings (SSSR count). The molecule has 0 radical (unpaired) electrons. The van der Waals surface area contributed by atoms with Crippen LogP contribution in [-0.2, 0) is 14.3 Å². The summed E-state index contributed by atoms with van der Waals surface area (Å²) in [6, 6.07) is 1.66. The number of aromatic carboxylic acids is 1. The van der Waals surface area contributed by atoms with Gasteiger partial charge in [0.1, 0.15) is 11.0 Å². The number of carboxylic acids is 1. The Kier molecular flexibility index (Phi) is 7.98. The Bertz CT molecular complexity index is 945. The van der Waals surface area contributed by atoms with Gasteiger partial charge in [-0.2, -0.15) is 0 Å². The Labute approximate surface area is 206 Å². The van der Waals surface area contributed by atoms with Crippen LogP contribution in [0.3, 0.4) is 0 Å². The first-order chi connectivity index (χ1) is 16.2. The lowest BCUT2D eigenvalue weighted by molar-refractivity contribution is -0.140. The molecular weight excluding hydrogens is 452 g/mol. The zero-order valence-electron chi connectivity index (χ0n) is 20.5. The van der Waals surface area contributed by atoms with E-state index in [1.54, 1.807) is 11.0 Å². The number of thiophene rings is 1. The second-order valence-corrected chi connectivity index (χ2v) is 11.6. The van der Waals surface area contributed by atoms with Gasteiger partial charge in [-0.25, -0.2) is 4.79 Å². The van der Waals surface area contributed by atoms with Crippen LogP contribution in [0.4, 0.5) is 5.69 Å². The van der Waals surface area contributed by atoms with Gasteiger partial charge in [0.15, 0.2) is 0 Å². The van der Waals surface area contributed by atoms with Crippen LogP contribution in [-0.4, -0.2) is 73.5 Å². The number of morpholine rings is 2.